The smallest absolute Gasteiger partial charge is 0.238 e. The van der Waals surface area contributed by atoms with E-state index in [1.54, 1.807) is 19.2 Å². The lowest BCUT2D eigenvalue weighted by Crippen LogP contribution is -2.11. The van der Waals surface area contributed by atoms with Crippen molar-refractivity contribution < 1.29 is 9.53 Å². The van der Waals surface area contributed by atoms with Gasteiger partial charge in [-0.3, -0.25) is 4.79 Å². The summed E-state index contributed by atoms with van der Waals surface area (Å²) >= 11 is 0. The Morgan fingerprint density at radius 1 is 1.56 bits per heavy atom. The summed E-state index contributed by atoms with van der Waals surface area (Å²) in [6, 6.07) is 7.41. The third kappa shape index (κ3) is 2.99. The van der Waals surface area contributed by atoms with E-state index in [2.05, 4.69) is 5.32 Å². The summed E-state index contributed by atoms with van der Waals surface area (Å²) < 4.78 is 5.13. The average Bonchev–Trinajstić information content (AvgIpc) is 2.29. The van der Waals surface area contributed by atoms with Crippen LogP contribution in [0.2, 0.25) is 0 Å². The van der Waals surface area contributed by atoms with Gasteiger partial charge in [0.1, 0.15) is 12.2 Å². The molecule has 0 saturated carbocycles. The molecule has 4 nitrogen and oxygen atoms in total. The van der Waals surface area contributed by atoms with Gasteiger partial charge in [0, 0.05) is 0 Å². The molecular weight excluding hydrogens is 204 g/mol. The van der Waals surface area contributed by atoms with Crippen molar-refractivity contribution in [3.63, 3.8) is 0 Å². The number of amides is 1. The fourth-order valence-electron chi connectivity index (χ4n) is 1.34. The summed E-state index contributed by atoms with van der Waals surface area (Å²) in [7, 11) is 1.54. The van der Waals surface area contributed by atoms with Gasteiger partial charge < -0.3 is 10.1 Å². The molecule has 0 aliphatic carbocycles. The molecule has 1 amide bonds. The summed E-state index contributed by atoms with van der Waals surface area (Å²) in [6.07, 6.45) is 0.727. The molecule has 0 bridgehead atoms. The highest BCUT2D eigenvalue weighted by molar-refractivity contribution is 5.93. The molecule has 1 aromatic carbocycles. The first kappa shape index (κ1) is 12.1. The highest BCUT2D eigenvalue weighted by Gasteiger charge is 2.07. The van der Waals surface area contributed by atoms with Crippen molar-refractivity contribution in [1.82, 2.24) is 0 Å². The Balaban J connectivity index is 2.92. The van der Waals surface area contributed by atoms with Crippen molar-refractivity contribution in [2.24, 2.45) is 0 Å². The van der Waals surface area contributed by atoms with Crippen molar-refractivity contribution in [1.29, 1.82) is 5.26 Å². The molecule has 0 heterocycles. The van der Waals surface area contributed by atoms with E-state index >= 15 is 0 Å². The molecule has 4 heteroatoms. The number of hydrogen-bond donors (Lipinski definition) is 1. The highest BCUT2D eigenvalue weighted by Crippen LogP contribution is 2.25. The number of nitrogens with zero attached hydrogens (tertiary/aromatic N) is 1. The predicted octanol–water partition coefficient (Wildman–Crippen LogP) is 2.11. The molecule has 0 fully saturated rings. The van der Waals surface area contributed by atoms with Gasteiger partial charge in [-0.25, -0.2) is 0 Å². The summed E-state index contributed by atoms with van der Waals surface area (Å²) in [4.78, 5) is 11.3. The molecule has 0 unspecified atom stereocenters. The number of anilines is 1. The maximum absolute atomic E-state index is 11.3. The minimum Gasteiger partial charge on any atom is -0.495 e. The van der Waals surface area contributed by atoms with Crippen molar-refractivity contribution in [2.75, 3.05) is 12.4 Å². The maximum atomic E-state index is 11.3. The topological polar surface area (TPSA) is 62.1 Å². The molecule has 0 atom stereocenters. The third-order valence-corrected chi connectivity index (χ3v) is 2.19. The van der Waals surface area contributed by atoms with Gasteiger partial charge in [-0.15, -0.1) is 0 Å². The largest absolute Gasteiger partial charge is 0.495 e. The zero-order valence-electron chi connectivity index (χ0n) is 9.41. The molecule has 0 aromatic heterocycles. The molecule has 0 aliphatic rings. The lowest BCUT2D eigenvalue weighted by molar-refractivity contribution is -0.115. The molecule has 0 aliphatic heterocycles. The zero-order valence-corrected chi connectivity index (χ0v) is 9.41. The Morgan fingerprint density at radius 3 is 2.88 bits per heavy atom. The van der Waals surface area contributed by atoms with E-state index in [9.17, 15) is 4.79 Å². The van der Waals surface area contributed by atoms with Crippen LogP contribution in [0.5, 0.6) is 5.75 Å². The Labute approximate surface area is 94.8 Å². The predicted molar refractivity (Wildman–Crippen MR) is 61.2 cm³/mol. The number of ether oxygens (including phenoxy) is 1. The van der Waals surface area contributed by atoms with Crippen LogP contribution in [0.25, 0.3) is 0 Å². The molecule has 1 rings (SSSR count). The van der Waals surface area contributed by atoms with Crippen LogP contribution in [0.15, 0.2) is 18.2 Å². The van der Waals surface area contributed by atoms with Crippen molar-refractivity contribution in [2.45, 2.75) is 19.8 Å². The minimum absolute atomic E-state index is 0.153. The van der Waals surface area contributed by atoms with Crippen LogP contribution < -0.4 is 10.1 Å². The van der Waals surface area contributed by atoms with Crippen LogP contribution in [0.3, 0.4) is 0 Å². The van der Waals surface area contributed by atoms with Gasteiger partial charge in [0.25, 0.3) is 0 Å². The van der Waals surface area contributed by atoms with Crippen LogP contribution in [0.1, 0.15) is 18.9 Å². The number of rotatable bonds is 4. The summed E-state index contributed by atoms with van der Waals surface area (Å²) in [5.41, 5.74) is 1.72. The van der Waals surface area contributed by atoms with Gasteiger partial charge >= 0.3 is 0 Å². The van der Waals surface area contributed by atoms with Crippen LogP contribution >= 0.6 is 0 Å². The molecule has 16 heavy (non-hydrogen) atoms. The van der Waals surface area contributed by atoms with Gasteiger partial charge in [0.2, 0.25) is 5.91 Å². The second-order valence-electron chi connectivity index (χ2n) is 3.27. The van der Waals surface area contributed by atoms with Gasteiger partial charge in [0.15, 0.2) is 0 Å². The number of nitrogens with one attached hydrogen (secondary N) is 1. The van der Waals surface area contributed by atoms with Crippen LogP contribution in [0.4, 0.5) is 5.69 Å². The third-order valence-electron chi connectivity index (χ3n) is 2.19. The van der Waals surface area contributed by atoms with Crippen molar-refractivity contribution in [3.8, 4) is 11.8 Å². The average molecular weight is 218 g/mol. The standard InChI is InChI=1S/C12H14N2O2/c1-3-9-4-5-11(16-2)10(8-9)14-12(15)6-7-13/h4-5,8H,3,6H2,1-2H3,(H,14,15). The number of aryl methyl sites for hydroxylation is 1. The fourth-order valence-corrected chi connectivity index (χ4v) is 1.34. The van der Waals surface area contributed by atoms with E-state index in [-0.39, 0.29) is 12.3 Å². The molecule has 0 saturated heterocycles. The zero-order chi connectivity index (χ0) is 12.0. The number of carbonyl (C=O) groups is 1. The number of nitriles is 1. The Morgan fingerprint density at radius 2 is 2.31 bits per heavy atom. The first-order chi connectivity index (χ1) is 7.71. The maximum Gasteiger partial charge on any atom is 0.238 e. The highest BCUT2D eigenvalue weighted by atomic mass is 16.5. The van der Waals surface area contributed by atoms with E-state index in [4.69, 9.17) is 10.00 Å². The van der Waals surface area contributed by atoms with E-state index in [1.165, 1.54) is 0 Å². The summed E-state index contributed by atoms with van der Waals surface area (Å²) in [5, 5.41) is 11.1. The van der Waals surface area contributed by atoms with Crippen LogP contribution in [0, 0.1) is 11.3 Å². The fraction of sp³-hybridized carbons (Fsp3) is 0.333. The molecular formula is C12H14N2O2. The Bertz CT molecular complexity index is 422. The quantitative estimate of drug-likeness (QED) is 0.841. The van der Waals surface area contributed by atoms with Gasteiger partial charge in [-0.1, -0.05) is 13.0 Å². The van der Waals surface area contributed by atoms with Gasteiger partial charge in [-0.2, -0.15) is 5.26 Å². The Hall–Kier alpha value is -2.02. The summed E-state index contributed by atoms with van der Waals surface area (Å²) in [5.74, 6) is 0.276. The van der Waals surface area contributed by atoms with Gasteiger partial charge in [0.05, 0.1) is 18.9 Å². The molecule has 0 radical (unpaired) electrons. The van der Waals surface area contributed by atoms with Crippen LogP contribution in [-0.2, 0) is 11.2 Å². The van der Waals surface area contributed by atoms with Crippen molar-refractivity contribution in [3.05, 3.63) is 23.8 Å². The number of methoxy groups -OCH3 is 1. The monoisotopic (exact) mass is 218 g/mol. The molecule has 1 N–H and O–H groups in total. The number of hydrogen-bond acceptors (Lipinski definition) is 3. The van der Waals surface area contributed by atoms with E-state index in [1.807, 2.05) is 19.1 Å². The second kappa shape index (κ2) is 5.76. The molecule has 0 spiro atoms. The van der Waals surface area contributed by atoms with Crippen LogP contribution in [-0.4, -0.2) is 13.0 Å². The number of benzene rings is 1. The van der Waals surface area contributed by atoms with E-state index in [0.717, 1.165) is 12.0 Å². The minimum atomic E-state index is -0.325. The normalized spacial score (nSPS) is 9.31. The lowest BCUT2D eigenvalue weighted by Gasteiger charge is -2.10. The first-order valence-corrected chi connectivity index (χ1v) is 5.05. The van der Waals surface area contributed by atoms with Gasteiger partial charge in [-0.05, 0) is 24.1 Å². The summed E-state index contributed by atoms with van der Waals surface area (Å²) in [6.45, 7) is 2.03. The number of carbonyl (C=O) groups excluding carboxylic acids is 1. The van der Waals surface area contributed by atoms with E-state index < -0.39 is 0 Å². The SMILES string of the molecule is CCc1ccc(OC)c(NC(=O)CC#N)c1. The van der Waals surface area contributed by atoms with E-state index in [0.29, 0.717) is 11.4 Å². The van der Waals surface area contributed by atoms with Crippen molar-refractivity contribution >= 4 is 11.6 Å². The first-order valence-electron chi connectivity index (χ1n) is 5.05. The lowest BCUT2D eigenvalue weighted by atomic mass is 10.1. The Kier molecular flexibility index (Phi) is 4.34. The molecule has 1 aromatic rings. The second-order valence-corrected chi connectivity index (χ2v) is 3.27. The molecule has 84 valence electrons.